The summed E-state index contributed by atoms with van der Waals surface area (Å²) in [6.07, 6.45) is 0. The molecule has 0 heterocycles. The van der Waals surface area contributed by atoms with Crippen LogP contribution in [0.3, 0.4) is 0 Å². The minimum absolute atomic E-state index is 0.142. The lowest BCUT2D eigenvalue weighted by atomic mass is 10.0. The van der Waals surface area contributed by atoms with E-state index >= 15 is 0 Å². The van der Waals surface area contributed by atoms with Crippen LogP contribution < -0.4 is 0 Å². The van der Waals surface area contributed by atoms with Gasteiger partial charge in [-0.15, -0.1) is 0 Å². The largest absolute Gasteiger partial charge is 0.290 e. The highest BCUT2D eigenvalue weighted by molar-refractivity contribution is 6.68. The van der Waals surface area contributed by atoms with E-state index in [0.29, 0.717) is 5.56 Å². The van der Waals surface area contributed by atoms with Gasteiger partial charge < -0.3 is 0 Å². The van der Waals surface area contributed by atoms with Crippen LogP contribution in [0.2, 0.25) is 0 Å². The molecule has 0 aliphatic heterocycles. The van der Waals surface area contributed by atoms with Crippen molar-refractivity contribution < 1.29 is 9.72 Å². The van der Waals surface area contributed by atoms with Crippen LogP contribution in [-0.4, -0.2) is 10.2 Å². The number of aryl methyl sites for hydroxylation is 1. The molecule has 0 aliphatic carbocycles. The third-order valence-electron chi connectivity index (χ3n) is 1.89. The quantitative estimate of drug-likeness (QED) is 0.438. The van der Waals surface area contributed by atoms with Gasteiger partial charge in [0, 0.05) is 5.56 Å². The molecule has 0 aromatic heterocycles. The number of rotatable bonds is 2. The van der Waals surface area contributed by atoms with E-state index in [1.165, 1.54) is 19.1 Å². The standard InChI is InChI=1S/C9H5ClN2O3/c1-5-2-3-6(9(10)13)7(4-11)8(5)12(14)15/h2-3H,1H3. The Kier molecular flexibility index (Phi) is 3.02. The summed E-state index contributed by atoms with van der Waals surface area (Å²) < 4.78 is 0. The third kappa shape index (κ3) is 1.95. The monoisotopic (exact) mass is 224 g/mol. The molecule has 0 saturated carbocycles. The Morgan fingerprint density at radius 3 is 2.60 bits per heavy atom. The van der Waals surface area contributed by atoms with Gasteiger partial charge in [0.15, 0.2) is 0 Å². The first-order valence-electron chi connectivity index (χ1n) is 3.87. The van der Waals surface area contributed by atoms with E-state index in [2.05, 4.69) is 0 Å². The molecule has 76 valence electrons. The maximum absolute atomic E-state index is 10.9. The van der Waals surface area contributed by atoms with Crippen molar-refractivity contribution in [3.05, 3.63) is 38.9 Å². The number of nitriles is 1. The van der Waals surface area contributed by atoms with Gasteiger partial charge in [0.05, 0.1) is 10.5 Å². The maximum Gasteiger partial charge on any atom is 0.290 e. The van der Waals surface area contributed by atoms with Gasteiger partial charge in [-0.3, -0.25) is 14.9 Å². The van der Waals surface area contributed by atoms with Crippen LogP contribution in [0.1, 0.15) is 21.5 Å². The van der Waals surface area contributed by atoms with E-state index in [0.717, 1.165) is 0 Å². The zero-order valence-corrected chi connectivity index (χ0v) is 8.41. The van der Waals surface area contributed by atoms with Crippen LogP contribution in [0.4, 0.5) is 5.69 Å². The van der Waals surface area contributed by atoms with Gasteiger partial charge in [0.1, 0.15) is 11.6 Å². The lowest BCUT2D eigenvalue weighted by Crippen LogP contribution is -2.02. The minimum Gasteiger partial charge on any atom is -0.276 e. The average molecular weight is 225 g/mol. The number of halogens is 1. The van der Waals surface area contributed by atoms with Crippen molar-refractivity contribution in [2.75, 3.05) is 0 Å². The minimum atomic E-state index is -0.880. The van der Waals surface area contributed by atoms with Crippen LogP contribution in [0.5, 0.6) is 0 Å². The molecule has 6 heteroatoms. The fourth-order valence-electron chi connectivity index (χ4n) is 1.21. The van der Waals surface area contributed by atoms with Crippen molar-refractivity contribution in [1.29, 1.82) is 5.26 Å². The fourth-order valence-corrected chi connectivity index (χ4v) is 1.37. The molecular weight excluding hydrogens is 220 g/mol. The van der Waals surface area contributed by atoms with Crippen molar-refractivity contribution >= 4 is 22.5 Å². The van der Waals surface area contributed by atoms with Crippen molar-refractivity contribution in [3.63, 3.8) is 0 Å². The lowest BCUT2D eigenvalue weighted by Gasteiger charge is -2.02. The Morgan fingerprint density at radius 1 is 1.60 bits per heavy atom. The molecule has 0 unspecified atom stereocenters. The SMILES string of the molecule is Cc1ccc(C(=O)Cl)c(C#N)c1[N+](=O)[O-]. The molecule has 1 aromatic rings. The van der Waals surface area contributed by atoms with Gasteiger partial charge in [0.25, 0.3) is 10.9 Å². The van der Waals surface area contributed by atoms with Crippen LogP contribution in [0.15, 0.2) is 12.1 Å². The number of nitro groups is 1. The van der Waals surface area contributed by atoms with Crippen molar-refractivity contribution in [2.24, 2.45) is 0 Å². The van der Waals surface area contributed by atoms with E-state index in [9.17, 15) is 14.9 Å². The fraction of sp³-hybridized carbons (Fsp3) is 0.111. The van der Waals surface area contributed by atoms with Gasteiger partial charge >= 0.3 is 0 Å². The van der Waals surface area contributed by atoms with Crippen molar-refractivity contribution in [3.8, 4) is 6.07 Å². The second-order valence-corrected chi connectivity index (χ2v) is 3.14. The van der Waals surface area contributed by atoms with Gasteiger partial charge in [-0.05, 0) is 24.6 Å². The maximum atomic E-state index is 10.9. The first kappa shape index (κ1) is 11.1. The van der Waals surface area contributed by atoms with Crippen LogP contribution in [0.25, 0.3) is 0 Å². The number of nitrogens with zero attached hydrogens (tertiary/aromatic N) is 2. The summed E-state index contributed by atoms with van der Waals surface area (Å²) >= 11 is 5.20. The summed E-state index contributed by atoms with van der Waals surface area (Å²) in [6, 6.07) is 4.31. The van der Waals surface area contributed by atoms with Crippen molar-refractivity contribution in [1.82, 2.24) is 0 Å². The molecule has 0 atom stereocenters. The summed E-state index contributed by atoms with van der Waals surface area (Å²) in [4.78, 5) is 20.9. The molecule has 0 fully saturated rings. The van der Waals surface area contributed by atoms with E-state index in [-0.39, 0.29) is 16.8 Å². The summed E-state index contributed by atoms with van der Waals surface area (Å²) in [6.45, 7) is 1.49. The molecule has 0 amide bonds. The van der Waals surface area contributed by atoms with Crippen molar-refractivity contribution in [2.45, 2.75) is 6.92 Å². The number of benzene rings is 1. The summed E-state index contributed by atoms with van der Waals surface area (Å²) in [7, 11) is 0. The van der Waals surface area contributed by atoms with Crippen LogP contribution in [0, 0.1) is 28.4 Å². The molecule has 0 N–H and O–H groups in total. The van der Waals surface area contributed by atoms with Gasteiger partial charge in [-0.2, -0.15) is 5.26 Å². The van der Waals surface area contributed by atoms with Crippen LogP contribution in [-0.2, 0) is 0 Å². The van der Waals surface area contributed by atoms with Gasteiger partial charge in [0.2, 0.25) is 0 Å². The molecule has 1 aromatic carbocycles. The topological polar surface area (TPSA) is 84.0 Å². The number of carbonyl (C=O) groups is 1. The zero-order valence-electron chi connectivity index (χ0n) is 7.65. The molecule has 5 nitrogen and oxygen atoms in total. The Labute approximate surface area is 90.0 Å². The molecule has 0 spiro atoms. The number of carbonyl (C=O) groups excluding carboxylic acids is 1. The lowest BCUT2D eigenvalue weighted by molar-refractivity contribution is -0.385. The summed E-state index contributed by atoms with van der Waals surface area (Å²) in [5, 5.41) is 18.6. The normalized spacial score (nSPS) is 9.40. The molecule has 1 rings (SSSR count). The number of hydrogen-bond donors (Lipinski definition) is 0. The highest BCUT2D eigenvalue weighted by atomic mass is 35.5. The smallest absolute Gasteiger partial charge is 0.276 e. The Hall–Kier alpha value is -1.93. The molecule has 0 bridgehead atoms. The first-order valence-corrected chi connectivity index (χ1v) is 4.24. The highest BCUT2D eigenvalue weighted by Gasteiger charge is 2.23. The molecule has 0 aliphatic rings. The zero-order chi connectivity index (χ0) is 11.6. The van der Waals surface area contributed by atoms with E-state index < -0.39 is 10.2 Å². The Morgan fingerprint density at radius 2 is 2.20 bits per heavy atom. The second kappa shape index (κ2) is 4.07. The van der Waals surface area contributed by atoms with Crippen LogP contribution >= 0.6 is 11.6 Å². The first-order chi connectivity index (χ1) is 6.99. The summed E-state index contributed by atoms with van der Waals surface area (Å²) in [5.74, 6) is 0. The Balaban J connectivity index is 3.64. The van der Waals surface area contributed by atoms with E-state index in [1.54, 1.807) is 6.07 Å². The molecule has 15 heavy (non-hydrogen) atoms. The highest BCUT2D eigenvalue weighted by Crippen LogP contribution is 2.26. The predicted molar refractivity (Wildman–Crippen MR) is 52.7 cm³/mol. The van der Waals surface area contributed by atoms with E-state index in [1.807, 2.05) is 0 Å². The third-order valence-corrected chi connectivity index (χ3v) is 2.09. The molecule has 0 saturated heterocycles. The van der Waals surface area contributed by atoms with Gasteiger partial charge in [-0.1, -0.05) is 6.07 Å². The second-order valence-electron chi connectivity index (χ2n) is 2.80. The average Bonchev–Trinajstić information content (AvgIpc) is 2.15. The number of hydrogen-bond acceptors (Lipinski definition) is 4. The molecular formula is C9H5ClN2O3. The van der Waals surface area contributed by atoms with E-state index in [4.69, 9.17) is 16.9 Å². The van der Waals surface area contributed by atoms with Gasteiger partial charge in [-0.25, -0.2) is 0 Å². The Bertz CT molecular complexity index is 491. The summed E-state index contributed by atoms with van der Waals surface area (Å²) in [5.41, 5.74) is -0.487. The number of nitro benzene ring substituents is 1. The molecule has 0 radical (unpaired) electrons. The predicted octanol–water partition coefficient (Wildman–Crippen LogP) is 2.15.